The highest BCUT2D eigenvalue weighted by atomic mass is 16.6. The van der Waals surface area contributed by atoms with Crippen molar-refractivity contribution in [2.75, 3.05) is 7.11 Å². The van der Waals surface area contributed by atoms with Crippen molar-refractivity contribution < 1.29 is 19.1 Å². The smallest absolute Gasteiger partial charge is 0.312 e. The second-order valence-corrected chi connectivity index (χ2v) is 8.52. The van der Waals surface area contributed by atoms with Crippen molar-refractivity contribution in [1.29, 1.82) is 0 Å². The van der Waals surface area contributed by atoms with Gasteiger partial charge in [0.05, 0.1) is 18.9 Å². The van der Waals surface area contributed by atoms with Gasteiger partial charge in [-0.1, -0.05) is 61.5 Å². The lowest BCUT2D eigenvalue weighted by Gasteiger charge is -2.38. The first-order chi connectivity index (χ1) is 14.5. The van der Waals surface area contributed by atoms with Crippen LogP contribution in [0.5, 0.6) is 5.75 Å². The second-order valence-electron chi connectivity index (χ2n) is 8.52. The van der Waals surface area contributed by atoms with Crippen LogP contribution in [0.15, 0.2) is 66.7 Å². The maximum Gasteiger partial charge on any atom is 0.312 e. The molecule has 0 aromatic heterocycles. The van der Waals surface area contributed by atoms with E-state index in [1.807, 2.05) is 73.7 Å². The van der Waals surface area contributed by atoms with Gasteiger partial charge in [-0.15, -0.1) is 0 Å². The average Bonchev–Trinajstić information content (AvgIpc) is 3.17. The summed E-state index contributed by atoms with van der Waals surface area (Å²) in [4.78, 5) is 28.3. The van der Waals surface area contributed by atoms with Crippen molar-refractivity contribution in [3.8, 4) is 5.75 Å². The third-order valence-electron chi connectivity index (χ3n) is 6.84. The SMILES string of the molecule is COc1ccc(CN2C(=O)C3C=CC(C)C4C(=O)OC2(Cc2ccccc2)C34)cc1. The number of carbonyl (C=O) groups excluding carboxylic acids is 2. The third kappa shape index (κ3) is 2.76. The van der Waals surface area contributed by atoms with Gasteiger partial charge < -0.3 is 9.47 Å². The summed E-state index contributed by atoms with van der Waals surface area (Å²) in [5, 5.41) is 0. The fourth-order valence-electron chi connectivity index (χ4n) is 5.42. The zero-order valence-electron chi connectivity index (χ0n) is 17.2. The van der Waals surface area contributed by atoms with Crippen LogP contribution >= 0.6 is 0 Å². The Labute approximate surface area is 176 Å². The number of benzene rings is 2. The highest BCUT2D eigenvalue weighted by Crippen LogP contribution is 2.56. The normalized spacial score (nSPS) is 31.6. The fraction of sp³-hybridized carbons (Fsp3) is 0.360. The number of rotatable bonds is 5. The molecule has 0 bridgehead atoms. The van der Waals surface area contributed by atoms with Crippen molar-refractivity contribution in [3.63, 3.8) is 0 Å². The van der Waals surface area contributed by atoms with Crippen LogP contribution in [0.25, 0.3) is 0 Å². The molecule has 2 saturated heterocycles. The van der Waals surface area contributed by atoms with E-state index in [1.165, 1.54) is 0 Å². The van der Waals surface area contributed by atoms with Crippen LogP contribution in [0.4, 0.5) is 0 Å². The molecule has 0 spiro atoms. The van der Waals surface area contributed by atoms with Crippen molar-refractivity contribution in [1.82, 2.24) is 4.90 Å². The predicted molar refractivity (Wildman–Crippen MR) is 111 cm³/mol. The molecular weight excluding hydrogens is 378 g/mol. The fourth-order valence-corrected chi connectivity index (χ4v) is 5.42. The third-order valence-corrected chi connectivity index (χ3v) is 6.84. The van der Waals surface area contributed by atoms with Crippen LogP contribution < -0.4 is 4.74 Å². The number of nitrogens with zero attached hydrogens (tertiary/aromatic N) is 1. The highest BCUT2D eigenvalue weighted by molar-refractivity contribution is 5.90. The van der Waals surface area contributed by atoms with Crippen LogP contribution in [0.3, 0.4) is 0 Å². The molecular formula is C25H25NO4. The Hall–Kier alpha value is -3.08. The molecule has 1 amide bonds. The van der Waals surface area contributed by atoms with Crippen molar-refractivity contribution in [2.45, 2.75) is 25.6 Å². The Morgan fingerprint density at radius 3 is 2.43 bits per heavy atom. The van der Waals surface area contributed by atoms with Crippen LogP contribution in [0.2, 0.25) is 0 Å². The van der Waals surface area contributed by atoms with Crippen LogP contribution in [0.1, 0.15) is 18.1 Å². The molecule has 1 aliphatic carbocycles. The lowest BCUT2D eigenvalue weighted by atomic mass is 9.69. The number of ether oxygens (including phenoxy) is 2. The van der Waals surface area contributed by atoms with Crippen molar-refractivity contribution >= 4 is 11.9 Å². The summed E-state index contributed by atoms with van der Waals surface area (Å²) in [7, 11) is 1.63. The van der Waals surface area contributed by atoms with Gasteiger partial charge in [-0.25, -0.2) is 0 Å². The Balaban J connectivity index is 1.58. The number of methoxy groups -OCH3 is 1. The summed E-state index contributed by atoms with van der Waals surface area (Å²) in [5.41, 5.74) is 1.08. The van der Waals surface area contributed by atoms with Gasteiger partial charge in [0.2, 0.25) is 5.91 Å². The number of amides is 1. The molecule has 5 unspecified atom stereocenters. The van der Waals surface area contributed by atoms with E-state index in [1.54, 1.807) is 12.0 Å². The highest BCUT2D eigenvalue weighted by Gasteiger charge is 2.69. The molecule has 154 valence electrons. The molecule has 2 aliphatic heterocycles. The first-order valence-electron chi connectivity index (χ1n) is 10.4. The molecule has 2 fully saturated rings. The Morgan fingerprint density at radius 2 is 1.73 bits per heavy atom. The van der Waals surface area contributed by atoms with E-state index in [0.29, 0.717) is 13.0 Å². The van der Waals surface area contributed by atoms with Crippen LogP contribution in [-0.4, -0.2) is 29.6 Å². The topological polar surface area (TPSA) is 55.8 Å². The minimum Gasteiger partial charge on any atom is -0.497 e. The van der Waals surface area contributed by atoms with Crippen molar-refractivity contribution in [3.05, 3.63) is 77.9 Å². The first-order valence-corrected chi connectivity index (χ1v) is 10.4. The molecule has 5 rings (SSSR count). The summed E-state index contributed by atoms with van der Waals surface area (Å²) in [6, 6.07) is 17.7. The molecule has 3 aliphatic rings. The van der Waals surface area contributed by atoms with E-state index in [9.17, 15) is 9.59 Å². The molecule has 5 nitrogen and oxygen atoms in total. The van der Waals surface area contributed by atoms with Gasteiger partial charge in [0.1, 0.15) is 5.75 Å². The molecule has 30 heavy (non-hydrogen) atoms. The number of carbonyl (C=O) groups is 2. The zero-order chi connectivity index (χ0) is 20.9. The molecule has 2 heterocycles. The van der Waals surface area contributed by atoms with Gasteiger partial charge >= 0.3 is 5.97 Å². The minimum absolute atomic E-state index is 0.0346. The molecule has 5 heteroatoms. The Kier molecular flexibility index (Phi) is 4.42. The lowest BCUT2D eigenvalue weighted by Crippen LogP contribution is -2.50. The number of likely N-dealkylation sites (tertiary alicyclic amines) is 1. The standard InChI is InChI=1S/C25H25NO4/c1-16-8-13-20-22-21(16)24(28)30-25(22,14-17-6-4-3-5-7-17)26(23(20)27)15-18-9-11-19(29-2)12-10-18/h3-13,16,20-22H,14-15H2,1-2H3. The number of allylic oxidation sites excluding steroid dienone is 1. The monoisotopic (exact) mass is 403 g/mol. The van der Waals surface area contributed by atoms with E-state index in [2.05, 4.69) is 0 Å². The molecule has 0 radical (unpaired) electrons. The number of hydrogen-bond acceptors (Lipinski definition) is 4. The van der Waals surface area contributed by atoms with Crippen LogP contribution in [0, 0.1) is 23.7 Å². The largest absolute Gasteiger partial charge is 0.497 e. The van der Waals surface area contributed by atoms with Gasteiger partial charge in [-0.3, -0.25) is 14.5 Å². The van der Waals surface area contributed by atoms with Gasteiger partial charge in [-0.05, 0) is 29.2 Å². The van der Waals surface area contributed by atoms with Gasteiger partial charge in [0.25, 0.3) is 0 Å². The van der Waals surface area contributed by atoms with Crippen molar-refractivity contribution in [2.24, 2.45) is 23.7 Å². The maximum absolute atomic E-state index is 13.5. The predicted octanol–water partition coefficient (Wildman–Crippen LogP) is 3.59. The Morgan fingerprint density at radius 1 is 1.00 bits per heavy atom. The van der Waals surface area contributed by atoms with E-state index >= 15 is 0 Å². The first kappa shape index (κ1) is 18.9. The van der Waals surface area contributed by atoms with E-state index in [-0.39, 0.29) is 35.5 Å². The van der Waals surface area contributed by atoms with E-state index in [4.69, 9.17) is 9.47 Å². The molecule has 0 N–H and O–H groups in total. The summed E-state index contributed by atoms with van der Waals surface area (Å²) < 4.78 is 11.4. The summed E-state index contributed by atoms with van der Waals surface area (Å²) in [6.45, 7) is 2.43. The second kappa shape index (κ2) is 7.01. The number of esters is 1. The summed E-state index contributed by atoms with van der Waals surface area (Å²) >= 11 is 0. The maximum atomic E-state index is 13.5. The van der Waals surface area contributed by atoms with Gasteiger partial charge in [0.15, 0.2) is 5.72 Å². The van der Waals surface area contributed by atoms with Gasteiger partial charge in [-0.2, -0.15) is 0 Å². The van der Waals surface area contributed by atoms with Crippen LogP contribution in [-0.2, 0) is 27.3 Å². The average molecular weight is 403 g/mol. The molecule has 2 aromatic carbocycles. The quantitative estimate of drug-likeness (QED) is 0.566. The summed E-state index contributed by atoms with van der Waals surface area (Å²) in [5.74, 6) is -0.102. The zero-order valence-corrected chi connectivity index (χ0v) is 17.2. The lowest BCUT2D eigenvalue weighted by molar-refractivity contribution is -0.172. The minimum atomic E-state index is -0.955. The Bertz CT molecular complexity index is 1000. The number of hydrogen-bond donors (Lipinski definition) is 0. The molecule has 0 saturated carbocycles. The van der Waals surface area contributed by atoms with E-state index < -0.39 is 5.72 Å². The summed E-state index contributed by atoms with van der Waals surface area (Å²) in [6.07, 6.45) is 4.49. The van der Waals surface area contributed by atoms with E-state index in [0.717, 1.165) is 16.9 Å². The molecule has 5 atom stereocenters. The van der Waals surface area contributed by atoms with Gasteiger partial charge in [0, 0.05) is 18.9 Å². The molecule has 2 aromatic rings.